The predicted molar refractivity (Wildman–Crippen MR) is 518 cm³/mol. The number of esters is 2. The van der Waals surface area contributed by atoms with Crippen molar-refractivity contribution in [3.8, 4) is 68.9 Å². The number of nitrogens with zero attached hydrogens (tertiary/aromatic N) is 8. The van der Waals surface area contributed by atoms with Crippen LogP contribution in [0.15, 0.2) is 162 Å². The van der Waals surface area contributed by atoms with Crippen LogP contribution in [-0.4, -0.2) is 176 Å². The van der Waals surface area contributed by atoms with Crippen molar-refractivity contribution < 1.29 is 128 Å². The number of fused-ring (bicyclic) bond motifs is 1. The number of thiophene rings is 1. The van der Waals surface area contributed by atoms with E-state index in [-0.39, 0.29) is 102 Å². The number of nitrogen functional groups attached to an aromatic ring is 2. The van der Waals surface area contributed by atoms with Crippen LogP contribution >= 0.6 is 157 Å². The Bertz CT molecular complexity index is 5080. The fraction of sp³-hybridized carbons (Fsp3) is 0.341. The van der Waals surface area contributed by atoms with E-state index in [9.17, 15) is 33.0 Å². The Balaban J connectivity index is 0.000000497. The van der Waals surface area contributed by atoms with Crippen molar-refractivity contribution in [1.82, 2.24) is 19.7 Å². The quantitative estimate of drug-likeness (QED) is 0.00471. The molecule has 0 saturated carbocycles. The van der Waals surface area contributed by atoms with Gasteiger partial charge in [0.25, 0.3) is 16.0 Å². The summed E-state index contributed by atoms with van der Waals surface area (Å²) < 4.78 is 51.0. The zero-order valence-electron chi connectivity index (χ0n) is 69.4. The normalized spacial score (nSPS) is 14.1. The Morgan fingerprint density at radius 2 is 0.936 bits per heavy atom. The van der Waals surface area contributed by atoms with Crippen LogP contribution in [0.25, 0.3) is 20.5 Å². The second kappa shape index (κ2) is 62.6. The number of nitrogens with two attached hydrogens (primary N) is 3. The van der Waals surface area contributed by atoms with E-state index in [0.29, 0.717) is 91.9 Å². The molecule has 3 aliphatic rings. The van der Waals surface area contributed by atoms with E-state index in [1.165, 1.54) is 101 Å². The number of carbonyl (C=O) groups is 3. The SMILES string of the molecule is BrP(Br)Br.CN1CCCC1CCOS(C)(=O)=O.CN1CCCC1CCOc1cc(CC#N)ccc1-c1cc2c(N)ncc(C(N)=O)c2s1.CN1CCCC1CCOc1cc(CC#N)ccc1Br.COC(=O)c1ccc(Br)c(O)c1.COC(=O)c1ccc(N)c(O)c1.N#CCc1ccc(Br)c(O)c1.OCc1ccc(Br)c(O)c1.Oc1cc(CBr)ccc1Br.[C-]#N.[K+]. The molecule has 2 aromatic heterocycles. The molecule has 27 nitrogen and oxygen atoms in total. The molecule has 0 bridgehead atoms. The molecule has 3 saturated heterocycles. The average molecular weight is 2380 g/mol. The number of aliphatic hydroxyl groups is 1. The van der Waals surface area contributed by atoms with Gasteiger partial charge in [-0.2, -0.15) is 24.2 Å². The summed E-state index contributed by atoms with van der Waals surface area (Å²) in [6, 6.07) is 45.9. The Morgan fingerprint density at radius 3 is 1.34 bits per heavy atom. The third-order valence-corrected chi connectivity index (χ3v) is 24.2. The number of primary amides is 1. The maximum atomic E-state index is 11.8. The maximum absolute atomic E-state index is 11.8. The molecule has 12 N–H and O–H groups in total. The van der Waals surface area contributed by atoms with Gasteiger partial charge in [0, 0.05) is 45.5 Å². The Kier molecular flexibility index (Phi) is 57.8. The first-order valence-corrected chi connectivity index (χ1v) is 52.6. The van der Waals surface area contributed by atoms with Gasteiger partial charge in [0.05, 0.1) is 134 Å². The summed E-state index contributed by atoms with van der Waals surface area (Å²) in [7, 11) is 5.72. The second-order valence-electron chi connectivity index (χ2n) is 27.1. The number of nitriles is 3. The molecular weight excluding hydrogens is 2280 g/mol. The number of likely N-dealkylation sites (tertiary alicyclic amines) is 3. The van der Waals surface area contributed by atoms with Crippen LogP contribution in [-0.2, 0) is 55.0 Å². The van der Waals surface area contributed by atoms with Gasteiger partial charge in [0.2, 0.25) is 0 Å². The van der Waals surface area contributed by atoms with E-state index in [4.69, 9.17) is 74.7 Å². The minimum Gasteiger partial charge on any atom is -0.512 e. The maximum Gasteiger partial charge on any atom is 1.00 e. The minimum atomic E-state index is -3.25. The van der Waals surface area contributed by atoms with E-state index in [1.54, 1.807) is 48.5 Å². The number of ether oxygens (including phenoxy) is 4. The van der Waals surface area contributed by atoms with Crippen molar-refractivity contribution in [1.29, 1.82) is 21.0 Å². The van der Waals surface area contributed by atoms with Crippen LogP contribution in [0, 0.1) is 45.8 Å². The smallest absolute Gasteiger partial charge is 0.512 e. The predicted octanol–water partition coefficient (Wildman–Crippen LogP) is 17.5. The molecule has 0 spiro atoms. The number of methoxy groups -OCH3 is 2. The Morgan fingerprint density at radius 1 is 0.560 bits per heavy atom. The molecular formula is C85H96Br9KN11O16PS2. The number of hydrogen-bond donors (Lipinski definition) is 9. The second-order valence-corrected chi connectivity index (χ2v) is 49.9. The first kappa shape index (κ1) is 115. The average Bonchev–Trinajstić information content (AvgIpc) is 1.63. The number of benzene rings is 7. The van der Waals surface area contributed by atoms with Crippen molar-refractivity contribution in [2.45, 2.75) is 107 Å². The van der Waals surface area contributed by atoms with Crippen LogP contribution in [0.4, 0.5) is 11.5 Å². The molecule has 3 fully saturated rings. The zero-order valence-corrected chi connectivity index (χ0v) is 89.3. The van der Waals surface area contributed by atoms with Crippen molar-refractivity contribution in [3.05, 3.63) is 213 Å². The van der Waals surface area contributed by atoms with Gasteiger partial charge in [0.1, 0.15) is 50.1 Å². The summed E-state index contributed by atoms with van der Waals surface area (Å²) in [5, 5.41) is 88.2. The van der Waals surface area contributed by atoms with Gasteiger partial charge in [-0.1, -0.05) is 46.3 Å². The van der Waals surface area contributed by atoms with Crippen molar-refractivity contribution in [3.63, 3.8) is 0 Å². The fourth-order valence-electron chi connectivity index (χ4n) is 11.9. The van der Waals surface area contributed by atoms with Crippen LogP contribution in [0.1, 0.15) is 117 Å². The summed E-state index contributed by atoms with van der Waals surface area (Å²) >= 11 is 30.3. The molecule has 668 valence electrons. The van der Waals surface area contributed by atoms with Gasteiger partial charge in [-0.25, -0.2) is 14.6 Å². The number of rotatable bonds is 21. The first-order valence-electron chi connectivity index (χ1n) is 37.4. The standard InChI is InChI=1S/C23H25N5O2S.C15H19BrN2O.C8H6BrNO.C8H7BrO3.C8H17NO3S.C8H9NO3.C7H6Br2O.C7H7BrO2.CN.Br3P.K/c1-28-9-2-3-15(28)7-10-30-19-11-14(6-8-24)4-5-16(19)20-12-17-21(31-20)18(23(26)29)13-27-22(17)25;1-18-9-2-3-13(18)7-10-19-15-11-12(6-8-17)4-5-14(15)16;9-7-2-1-6(3-4-10)5-8(7)11;1-12-8(11)5-2-3-6(9)7(10)4-5;1-9-6-3-4-8(9)5-7-12-13(2,10)11;1-12-8(11)5-2-3-6(9)7(10)4-5;8-4-5-1-2-6(9)7(10)3-5;8-6-2-1-5(4-9)3-7(6)10;1-2;1-4(2)3;/h4-5,11-13,15H,2-3,6-7,9-10H2,1H3,(H2,25,27)(H2,26,29);4-5,11,13H,2-3,6-7,9-10H2,1H3;1-2,5,11H,3H2;2-4,10H,1H3;8H,3-7H2,1-2H3;2-4,10H,9H2,1H3;1-3,10H,4H2;1-3,9-10H,4H2;;;/q;;;;;;;;-1;;+1. The van der Waals surface area contributed by atoms with Gasteiger partial charge in [-0.05, 0) is 356 Å². The first-order chi connectivity index (χ1) is 58.9. The summed E-state index contributed by atoms with van der Waals surface area (Å²) in [6.45, 7) is 9.79. The number of phenols is 5. The summed E-state index contributed by atoms with van der Waals surface area (Å²) in [4.78, 5) is 45.7. The van der Waals surface area contributed by atoms with Gasteiger partial charge in [-0.15, -0.1) is 11.3 Å². The molecule has 7 aromatic carbocycles. The third kappa shape index (κ3) is 43.3. The zero-order chi connectivity index (χ0) is 92.8. The topological polar surface area (TPSA) is 449 Å². The molecule has 3 aliphatic heterocycles. The molecule has 125 heavy (non-hydrogen) atoms. The molecule has 0 aliphatic carbocycles. The van der Waals surface area contributed by atoms with Crippen LogP contribution in [0.5, 0.6) is 40.2 Å². The molecule has 0 radical (unpaired) electrons. The number of pyridine rings is 1. The number of aliphatic hydroxyl groups excluding tert-OH is 1. The summed E-state index contributed by atoms with van der Waals surface area (Å²) in [5.41, 5.74) is 23.5. The van der Waals surface area contributed by atoms with Crippen LogP contribution < -0.4 is 78.1 Å². The Labute approximate surface area is 852 Å². The molecule has 1 amide bonds. The molecule has 5 heterocycles. The van der Waals surface area contributed by atoms with Crippen molar-refractivity contribution in [2.24, 2.45) is 5.73 Å². The van der Waals surface area contributed by atoms with E-state index in [0.717, 1.165) is 115 Å². The number of aromatic hydroxyl groups is 5. The van der Waals surface area contributed by atoms with E-state index in [2.05, 4.69) is 209 Å². The van der Waals surface area contributed by atoms with E-state index < -0.39 is 28.0 Å². The monoisotopic (exact) mass is 2370 g/mol. The van der Waals surface area contributed by atoms with Gasteiger partial charge in [-0.3, -0.25) is 8.98 Å². The van der Waals surface area contributed by atoms with E-state index >= 15 is 0 Å². The molecule has 3 unspecified atom stereocenters. The van der Waals surface area contributed by atoms with E-state index in [1.807, 2.05) is 60.7 Å². The number of anilines is 2. The molecule has 12 rings (SSSR count). The number of aromatic nitrogens is 1. The summed E-state index contributed by atoms with van der Waals surface area (Å²) in [6.07, 6.45) is 13.8. The molecule has 9 aromatic rings. The van der Waals surface area contributed by atoms with Gasteiger partial charge < -0.3 is 93.3 Å². The van der Waals surface area contributed by atoms with Crippen LogP contribution in [0.2, 0.25) is 0 Å². The largest absolute Gasteiger partial charge is 1.00 e. The minimum absolute atomic E-state index is 0. The van der Waals surface area contributed by atoms with Gasteiger partial charge >= 0.3 is 63.3 Å². The van der Waals surface area contributed by atoms with Crippen LogP contribution in [0.3, 0.4) is 0 Å². The Hall–Kier alpha value is -5.64. The number of hydrogen-bond acceptors (Lipinski definition) is 27. The number of carbonyl (C=O) groups excluding carboxylic acids is 3. The molecule has 3 atom stereocenters. The summed E-state index contributed by atoms with van der Waals surface area (Å²) in [5.74, 6) is 0.975. The van der Waals surface area contributed by atoms with Crippen molar-refractivity contribution in [2.75, 3.05) is 92.5 Å². The van der Waals surface area contributed by atoms with Crippen molar-refractivity contribution >= 4 is 207 Å². The number of phenolic OH excluding ortho intramolecular Hbond substituents is 5. The number of amides is 1. The third-order valence-electron chi connectivity index (χ3n) is 18.4. The number of halogens is 9. The number of alkyl halides is 1. The fourth-order valence-corrected chi connectivity index (χ4v) is 15.2. The van der Waals surface area contributed by atoms with Gasteiger partial charge in [0.15, 0.2) is 0 Å². The molecule has 40 heteroatoms.